The standard InChI is InChI=1S/C11H10ClN3OS/c1-7(12)8-4-2-3-5-9(8)14-11(16)10-6-13-15-17-10/h2-7H,1H3,(H,14,16). The highest BCUT2D eigenvalue weighted by Crippen LogP contribution is 2.27. The summed E-state index contributed by atoms with van der Waals surface area (Å²) in [7, 11) is 0. The van der Waals surface area contributed by atoms with E-state index in [4.69, 9.17) is 11.6 Å². The maximum atomic E-state index is 11.8. The molecule has 6 heteroatoms. The number of hydrogen-bond acceptors (Lipinski definition) is 4. The fourth-order valence-electron chi connectivity index (χ4n) is 1.41. The van der Waals surface area contributed by atoms with Gasteiger partial charge in [-0.1, -0.05) is 22.7 Å². The molecule has 1 atom stereocenters. The predicted molar refractivity (Wildman–Crippen MR) is 68.6 cm³/mol. The molecule has 2 rings (SSSR count). The zero-order valence-electron chi connectivity index (χ0n) is 9.05. The lowest BCUT2D eigenvalue weighted by molar-refractivity contribution is 0.103. The van der Waals surface area contributed by atoms with E-state index in [0.29, 0.717) is 10.6 Å². The van der Waals surface area contributed by atoms with E-state index in [1.54, 1.807) is 0 Å². The second-order valence-corrected chi connectivity index (χ2v) is 4.88. The van der Waals surface area contributed by atoms with E-state index in [9.17, 15) is 4.79 Å². The average molecular weight is 268 g/mol. The van der Waals surface area contributed by atoms with Gasteiger partial charge >= 0.3 is 0 Å². The first-order chi connectivity index (χ1) is 8.18. The first kappa shape index (κ1) is 12.0. The monoisotopic (exact) mass is 267 g/mol. The van der Waals surface area contributed by atoms with Crippen molar-refractivity contribution in [2.24, 2.45) is 0 Å². The van der Waals surface area contributed by atoms with E-state index in [2.05, 4.69) is 14.9 Å². The maximum Gasteiger partial charge on any atom is 0.269 e. The highest BCUT2D eigenvalue weighted by Gasteiger charge is 2.12. The number of hydrogen-bond donors (Lipinski definition) is 1. The molecule has 0 fully saturated rings. The molecule has 0 radical (unpaired) electrons. The third-order valence-electron chi connectivity index (χ3n) is 2.22. The molecule has 0 saturated heterocycles. The molecule has 1 amide bonds. The number of amides is 1. The minimum atomic E-state index is -0.218. The van der Waals surface area contributed by atoms with E-state index in [-0.39, 0.29) is 11.3 Å². The van der Waals surface area contributed by atoms with Gasteiger partial charge in [0, 0.05) is 5.69 Å². The van der Waals surface area contributed by atoms with Crippen LogP contribution in [0, 0.1) is 0 Å². The molecule has 2 aromatic rings. The second-order valence-electron chi connectivity index (χ2n) is 3.44. The molecule has 88 valence electrons. The van der Waals surface area contributed by atoms with E-state index in [0.717, 1.165) is 17.1 Å². The quantitative estimate of drug-likeness (QED) is 0.870. The summed E-state index contributed by atoms with van der Waals surface area (Å²) in [4.78, 5) is 12.3. The van der Waals surface area contributed by atoms with Gasteiger partial charge in [0.2, 0.25) is 0 Å². The van der Waals surface area contributed by atoms with E-state index in [1.807, 2.05) is 31.2 Å². The smallest absolute Gasteiger partial charge is 0.269 e. The van der Waals surface area contributed by atoms with Crippen molar-refractivity contribution in [1.29, 1.82) is 0 Å². The largest absolute Gasteiger partial charge is 0.321 e. The highest BCUT2D eigenvalue weighted by molar-refractivity contribution is 7.07. The zero-order valence-corrected chi connectivity index (χ0v) is 10.6. The lowest BCUT2D eigenvalue weighted by Crippen LogP contribution is -2.11. The Morgan fingerprint density at radius 3 is 2.88 bits per heavy atom. The molecule has 0 aliphatic rings. The molecule has 0 bridgehead atoms. The first-order valence-corrected chi connectivity index (χ1v) is 6.21. The highest BCUT2D eigenvalue weighted by atomic mass is 35.5. The van der Waals surface area contributed by atoms with Gasteiger partial charge in [-0.2, -0.15) is 0 Å². The molecule has 0 aliphatic carbocycles. The Balaban J connectivity index is 2.22. The van der Waals surface area contributed by atoms with Gasteiger partial charge in [0.1, 0.15) is 4.88 Å². The minimum Gasteiger partial charge on any atom is -0.321 e. The number of benzene rings is 1. The predicted octanol–water partition coefficient (Wildman–Crippen LogP) is 3.09. The van der Waals surface area contributed by atoms with Gasteiger partial charge < -0.3 is 5.32 Å². The molecular formula is C11H10ClN3OS. The number of para-hydroxylation sites is 1. The maximum absolute atomic E-state index is 11.8. The van der Waals surface area contributed by atoms with Crippen LogP contribution in [0.4, 0.5) is 5.69 Å². The Morgan fingerprint density at radius 1 is 1.47 bits per heavy atom. The van der Waals surface area contributed by atoms with Crippen molar-refractivity contribution in [3.8, 4) is 0 Å². The van der Waals surface area contributed by atoms with Gasteiger partial charge in [-0.15, -0.1) is 16.7 Å². The summed E-state index contributed by atoms with van der Waals surface area (Å²) in [6.07, 6.45) is 1.44. The molecule has 1 heterocycles. The lowest BCUT2D eigenvalue weighted by atomic mass is 10.1. The first-order valence-electron chi connectivity index (χ1n) is 5.00. The van der Waals surface area contributed by atoms with Crippen molar-refractivity contribution in [3.05, 3.63) is 40.9 Å². The number of nitrogens with one attached hydrogen (secondary N) is 1. The molecule has 0 saturated carbocycles. The van der Waals surface area contributed by atoms with Gasteiger partial charge in [0.15, 0.2) is 0 Å². The Kier molecular flexibility index (Phi) is 3.71. The van der Waals surface area contributed by atoms with Crippen LogP contribution in [-0.2, 0) is 0 Å². The molecule has 4 nitrogen and oxygen atoms in total. The molecule has 17 heavy (non-hydrogen) atoms. The second kappa shape index (κ2) is 5.25. The van der Waals surface area contributed by atoms with Crippen LogP contribution in [0.3, 0.4) is 0 Å². The summed E-state index contributed by atoms with van der Waals surface area (Å²) in [6.45, 7) is 1.86. The third-order valence-corrected chi connectivity index (χ3v) is 3.12. The van der Waals surface area contributed by atoms with E-state index in [1.165, 1.54) is 6.20 Å². The van der Waals surface area contributed by atoms with Gasteiger partial charge in [0.25, 0.3) is 5.91 Å². The van der Waals surface area contributed by atoms with Crippen molar-refractivity contribution < 1.29 is 4.79 Å². The van der Waals surface area contributed by atoms with Crippen LogP contribution in [0.5, 0.6) is 0 Å². The number of rotatable bonds is 3. The van der Waals surface area contributed by atoms with Gasteiger partial charge in [-0.05, 0) is 30.1 Å². The molecule has 1 aromatic carbocycles. The fraction of sp³-hybridized carbons (Fsp3) is 0.182. The average Bonchev–Trinajstić information content (AvgIpc) is 2.83. The molecule has 0 spiro atoms. The van der Waals surface area contributed by atoms with Crippen LogP contribution >= 0.6 is 23.1 Å². The fourth-order valence-corrected chi connectivity index (χ4v) is 2.01. The Hall–Kier alpha value is -1.46. The van der Waals surface area contributed by atoms with Crippen molar-refractivity contribution in [2.45, 2.75) is 12.3 Å². The van der Waals surface area contributed by atoms with Crippen molar-refractivity contribution in [2.75, 3.05) is 5.32 Å². The van der Waals surface area contributed by atoms with Crippen LogP contribution in [0.15, 0.2) is 30.5 Å². The summed E-state index contributed by atoms with van der Waals surface area (Å²) < 4.78 is 3.65. The van der Waals surface area contributed by atoms with Crippen molar-refractivity contribution >= 4 is 34.7 Å². The number of halogens is 1. The number of alkyl halides is 1. The summed E-state index contributed by atoms with van der Waals surface area (Å²) in [5.74, 6) is -0.218. The molecular weight excluding hydrogens is 258 g/mol. The molecule has 1 aromatic heterocycles. The van der Waals surface area contributed by atoms with Crippen molar-refractivity contribution in [1.82, 2.24) is 9.59 Å². The summed E-state index contributed by atoms with van der Waals surface area (Å²) in [5, 5.41) is 6.26. The third kappa shape index (κ3) is 2.81. The van der Waals surface area contributed by atoms with Gasteiger partial charge in [-0.25, -0.2) is 0 Å². The summed E-state index contributed by atoms with van der Waals surface area (Å²) in [6, 6.07) is 7.44. The summed E-state index contributed by atoms with van der Waals surface area (Å²) in [5.41, 5.74) is 1.60. The Morgan fingerprint density at radius 2 is 2.24 bits per heavy atom. The van der Waals surface area contributed by atoms with Crippen LogP contribution in [0.2, 0.25) is 0 Å². The number of aromatic nitrogens is 2. The van der Waals surface area contributed by atoms with Gasteiger partial charge in [0.05, 0.1) is 11.6 Å². The number of carbonyl (C=O) groups excluding carboxylic acids is 1. The number of nitrogens with zero attached hydrogens (tertiary/aromatic N) is 2. The lowest BCUT2D eigenvalue weighted by Gasteiger charge is -2.11. The number of carbonyl (C=O) groups is 1. The number of anilines is 1. The molecule has 0 aliphatic heterocycles. The SMILES string of the molecule is CC(Cl)c1ccccc1NC(=O)c1cnns1. The van der Waals surface area contributed by atoms with Gasteiger partial charge in [-0.3, -0.25) is 4.79 Å². The molecule has 1 N–H and O–H groups in total. The minimum absolute atomic E-state index is 0.161. The van der Waals surface area contributed by atoms with E-state index >= 15 is 0 Å². The van der Waals surface area contributed by atoms with Crippen LogP contribution in [0.1, 0.15) is 27.5 Å². The summed E-state index contributed by atoms with van der Waals surface area (Å²) >= 11 is 7.10. The topological polar surface area (TPSA) is 54.9 Å². The Labute approximate surface area is 108 Å². The molecule has 1 unspecified atom stereocenters. The van der Waals surface area contributed by atoms with Crippen LogP contribution in [-0.4, -0.2) is 15.5 Å². The van der Waals surface area contributed by atoms with E-state index < -0.39 is 0 Å². The van der Waals surface area contributed by atoms with Crippen LogP contribution < -0.4 is 5.32 Å². The zero-order chi connectivity index (χ0) is 12.3. The Bertz CT molecular complexity index is 513. The van der Waals surface area contributed by atoms with Crippen molar-refractivity contribution in [3.63, 3.8) is 0 Å². The van der Waals surface area contributed by atoms with Crippen LogP contribution in [0.25, 0.3) is 0 Å². The normalized spacial score (nSPS) is 12.1.